The van der Waals surface area contributed by atoms with Gasteiger partial charge in [0, 0.05) is 22.8 Å². The molecule has 4 rings (SSSR count). The van der Waals surface area contributed by atoms with Crippen molar-refractivity contribution >= 4 is 29.1 Å². The number of fused-ring (bicyclic) bond motifs is 1. The van der Waals surface area contributed by atoms with E-state index in [1.54, 1.807) is 24.1 Å². The molecule has 3 aromatic rings. The van der Waals surface area contributed by atoms with Crippen LogP contribution in [0, 0.1) is 6.92 Å². The molecule has 31 heavy (non-hydrogen) atoms. The number of ether oxygens (including phenoxy) is 1. The fourth-order valence-electron chi connectivity index (χ4n) is 3.88. The highest BCUT2D eigenvalue weighted by Crippen LogP contribution is 2.34. The molecule has 0 unspecified atom stereocenters. The number of anilines is 1. The molecule has 0 bridgehead atoms. The second kappa shape index (κ2) is 8.82. The van der Waals surface area contributed by atoms with Gasteiger partial charge in [0.2, 0.25) is 5.91 Å². The number of nitrogens with zero attached hydrogens (tertiary/aromatic N) is 1. The molecule has 1 heterocycles. The third kappa shape index (κ3) is 4.28. The molecule has 6 heteroatoms. The normalized spacial score (nSPS) is 13.6. The number of hydrogen-bond donors (Lipinski definition) is 1. The molecule has 5 nitrogen and oxygen atoms in total. The number of carbonyl (C=O) groups excluding carboxylic acids is 2. The van der Waals surface area contributed by atoms with Crippen molar-refractivity contribution in [1.29, 1.82) is 0 Å². The Morgan fingerprint density at radius 1 is 1.10 bits per heavy atom. The predicted molar refractivity (Wildman–Crippen MR) is 121 cm³/mol. The summed E-state index contributed by atoms with van der Waals surface area (Å²) in [5, 5.41) is 3.54. The van der Waals surface area contributed by atoms with Crippen LogP contribution >= 0.6 is 11.6 Å². The summed E-state index contributed by atoms with van der Waals surface area (Å²) in [6, 6.07) is 20.0. The van der Waals surface area contributed by atoms with Crippen LogP contribution in [0.5, 0.6) is 5.75 Å². The number of rotatable bonds is 6. The highest BCUT2D eigenvalue weighted by molar-refractivity contribution is 6.31. The molecule has 1 atom stereocenters. The van der Waals surface area contributed by atoms with Crippen LogP contribution in [-0.2, 0) is 11.3 Å². The molecule has 3 aromatic carbocycles. The number of hydrogen-bond acceptors (Lipinski definition) is 3. The van der Waals surface area contributed by atoms with Crippen molar-refractivity contribution < 1.29 is 14.3 Å². The Balaban J connectivity index is 1.62. The van der Waals surface area contributed by atoms with E-state index in [0.717, 1.165) is 22.4 Å². The van der Waals surface area contributed by atoms with Crippen LogP contribution < -0.4 is 10.1 Å². The molecule has 0 saturated heterocycles. The molecule has 0 aromatic heterocycles. The Kier molecular flexibility index (Phi) is 5.96. The summed E-state index contributed by atoms with van der Waals surface area (Å²) < 4.78 is 5.26. The van der Waals surface area contributed by atoms with Crippen molar-refractivity contribution in [3.63, 3.8) is 0 Å². The molecule has 1 aliphatic heterocycles. The molecular weight excluding hydrogens is 412 g/mol. The number of nitrogens with one attached hydrogen (secondary N) is 1. The third-order valence-electron chi connectivity index (χ3n) is 5.65. The van der Waals surface area contributed by atoms with Crippen LogP contribution in [0.4, 0.5) is 5.69 Å². The van der Waals surface area contributed by atoms with Gasteiger partial charge in [-0.2, -0.15) is 0 Å². The maximum absolute atomic E-state index is 13.1. The first kappa shape index (κ1) is 20.9. The van der Waals surface area contributed by atoms with Gasteiger partial charge >= 0.3 is 0 Å². The van der Waals surface area contributed by atoms with Crippen molar-refractivity contribution in [3.05, 3.63) is 94.0 Å². The molecular formula is C25H23ClN2O3. The van der Waals surface area contributed by atoms with Crippen molar-refractivity contribution in [2.75, 3.05) is 12.4 Å². The van der Waals surface area contributed by atoms with Crippen molar-refractivity contribution in [2.45, 2.75) is 25.9 Å². The van der Waals surface area contributed by atoms with E-state index < -0.39 is 6.04 Å². The van der Waals surface area contributed by atoms with Gasteiger partial charge in [-0.15, -0.1) is 0 Å². The zero-order chi connectivity index (χ0) is 22.0. The van der Waals surface area contributed by atoms with Crippen molar-refractivity contribution in [2.24, 2.45) is 0 Å². The second-order valence-corrected chi connectivity index (χ2v) is 7.95. The van der Waals surface area contributed by atoms with E-state index in [1.807, 2.05) is 61.5 Å². The maximum atomic E-state index is 13.1. The van der Waals surface area contributed by atoms with Crippen LogP contribution in [0.25, 0.3) is 0 Å². The molecule has 0 saturated carbocycles. The number of benzene rings is 3. The lowest BCUT2D eigenvalue weighted by Crippen LogP contribution is -2.32. The predicted octanol–water partition coefficient (Wildman–Crippen LogP) is 5.38. The van der Waals surface area contributed by atoms with Gasteiger partial charge in [-0.1, -0.05) is 48.0 Å². The quantitative estimate of drug-likeness (QED) is 0.566. The Morgan fingerprint density at radius 2 is 1.84 bits per heavy atom. The van der Waals surface area contributed by atoms with Crippen molar-refractivity contribution in [1.82, 2.24) is 4.90 Å². The van der Waals surface area contributed by atoms with E-state index in [1.165, 1.54) is 0 Å². The summed E-state index contributed by atoms with van der Waals surface area (Å²) in [7, 11) is 1.61. The minimum Gasteiger partial charge on any atom is -0.497 e. The van der Waals surface area contributed by atoms with Gasteiger partial charge in [-0.25, -0.2) is 0 Å². The average molecular weight is 435 g/mol. The lowest BCUT2D eigenvalue weighted by atomic mass is 10.0. The van der Waals surface area contributed by atoms with Gasteiger partial charge in [-0.3, -0.25) is 9.59 Å². The molecule has 0 fully saturated rings. The van der Waals surface area contributed by atoms with Crippen LogP contribution in [0.2, 0.25) is 5.02 Å². The highest BCUT2D eigenvalue weighted by Gasteiger charge is 2.34. The van der Waals surface area contributed by atoms with Gasteiger partial charge < -0.3 is 15.0 Å². The lowest BCUT2D eigenvalue weighted by Gasteiger charge is -2.28. The number of halogens is 1. The first-order valence-electron chi connectivity index (χ1n) is 10.1. The summed E-state index contributed by atoms with van der Waals surface area (Å²) in [4.78, 5) is 27.9. The largest absolute Gasteiger partial charge is 0.497 e. The number of carbonyl (C=O) groups is 2. The zero-order valence-corrected chi connectivity index (χ0v) is 18.1. The van der Waals surface area contributed by atoms with Crippen LogP contribution in [0.15, 0.2) is 66.7 Å². The van der Waals surface area contributed by atoms with Gasteiger partial charge in [0.25, 0.3) is 5.91 Å². The van der Waals surface area contributed by atoms with Gasteiger partial charge in [0.1, 0.15) is 5.75 Å². The van der Waals surface area contributed by atoms with Gasteiger partial charge in [0.15, 0.2) is 0 Å². The molecule has 1 N–H and O–H groups in total. The summed E-state index contributed by atoms with van der Waals surface area (Å²) >= 11 is 6.19. The summed E-state index contributed by atoms with van der Waals surface area (Å²) in [6.45, 7) is 2.33. The fraction of sp³-hybridized carbons (Fsp3) is 0.200. The smallest absolute Gasteiger partial charge is 0.255 e. The first-order valence-corrected chi connectivity index (χ1v) is 10.4. The summed E-state index contributed by atoms with van der Waals surface area (Å²) in [5.74, 6) is 0.468. The van der Waals surface area contributed by atoms with Gasteiger partial charge in [0.05, 0.1) is 19.6 Å². The van der Waals surface area contributed by atoms with Crippen LogP contribution in [0.1, 0.15) is 39.5 Å². The fourth-order valence-corrected chi connectivity index (χ4v) is 4.06. The van der Waals surface area contributed by atoms with Crippen LogP contribution in [0.3, 0.4) is 0 Å². The van der Waals surface area contributed by atoms with Crippen molar-refractivity contribution in [3.8, 4) is 5.75 Å². The van der Waals surface area contributed by atoms with E-state index >= 15 is 0 Å². The first-order chi connectivity index (χ1) is 15.0. The minimum absolute atomic E-state index is 0.0665. The average Bonchev–Trinajstić information content (AvgIpc) is 3.12. The zero-order valence-electron chi connectivity index (χ0n) is 17.4. The molecule has 0 spiro atoms. The molecule has 158 valence electrons. The lowest BCUT2D eigenvalue weighted by molar-refractivity contribution is -0.117. The molecule has 2 amide bonds. The Hall–Kier alpha value is -3.31. The van der Waals surface area contributed by atoms with E-state index in [4.69, 9.17) is 16.3 Å². The Labute approximate surface area is 186 Å². The minimum atomic E-state index is -0.412. The third-order valence-corrected chi connectivity index (χ3v) is 6.06. The molecule has 1 aliphatic rings. The standard InChI is InChI=1S/C25H23ClN2O3/c1-16-21(26)8-5-9-22(16)27-24(29)14-23(17-10-12-19(31-2)13-11-17)28-15-18-6-3-4-7-20(18)25(28)30/h3-13,23H,14-15H2,1-2H3,(H,27,29)/t23-/m1/s1. The van der Waals surface area contributed by atoms with E-state index in [0.29, 0.717) is 22.8 Å². The van der Waals surface area contributed by atoms with Gasteiger partial charge in [-0.05, 0) is 53.9 Å². The number of methoxy groups -OCH3 is 1. The molecule has 0 radical (unpaired) electrons. The Morgan fingerprint density at radius 3 is 2.55 bits per heavy atom. The van der Waals surface area contributed by atoms with E-state index in [2.05, 4.69) is 5.32 Å². The number of amides is 2. The molecule has 0 aliphatic carbocycles. The van der Waals surface area contributed by atoms with Crippen LogP contribution in [-0.4, -0.2) is 23.8 Å². The van der Waals surface area contributed by atoms with E-state index in [9.17, 15) is 9.59 Å². The highest BCUT2D eigenvalue weighted by atomic mass is 35.5. The van der Waals surface area contributed by atoms with E-state index in [-0.39, 0.29) is 18.2 Å². The maximum Gasteiger partial charge on any atom is 0.255 e. The topological polar surface area (TPSA) is 58.6 Å². The Bertz CT molecular complexity index is 1130. The summed E-state index contributed by atoms with van der Waals surface area (Å²) in [6.07, 6.45) is 0.123. The summed E-state index contributed by atoms with van der Waals surface area (Å²) in [5.41, 5.74) is 4.01. The monoisotopic (exact) mass is 434 g/mol. The second-order valence-electron chi connectivity index (χ2n) is 7.54. The SMILES string of the molecule is COc1ccc([C@@H](CC(=O)Nc2cccc(Cl)c2C)N2Cc3ccccc3C2=O)cc1.